The Hall–Kier alpha value is -0.610. The lowest BCUT2D eigenvalue weighted by atomic mass is 9.67. The summed E-state index contributed by atoms with van der Waals surface area (Å²) in [4.78, 5) is 11.8. The number of hydrogen-bond donors (Lipinski definition) is 1. The molecule has 0 spiro atoms. The van der Waals surface area contributed by atoms with Crippen molar-refractivity contribution in [1.82, 2.24) is 5.32 Å². The summed E-state index contributed by atoms with van der Waals surface area (Å²) in [6, 6.07) is 0.0613. The fourth-order valence-corrected chi connectivity index (χ4v) is 2.47. The van der Waals surface area contributed by atoms with Crippen LogP contribution < -0.4 is 5.32 Å². The van der Waals surface area contributed by atoms with Crippen LogP contribution in [0.1, 0.15) is 20.8 Å². The fourth-order valence-electron chi connectivity index (χ4n) is 2.47. The third-order valence-electron chi connectivity index (χ3n) is 3.02. The second-order valence-corrected chi connectivity index (χ2v) is 5.23. The van der Waals surface area contributed by atoms with Crippen molar-refractivity contribution in [3.05, 3.63) is 0 Å². The van der Waals surface area contributed by atoms with Crippen molar-refractivity contribution in [2.24, 2.45) is 10.8 Å². The lowest BCUT2D eigenvalue weighted by molar-refractivity contribution is -0.196. The van der Waals surface area contributed by atoms with E-state index in [-0.39, 0.29) is 17.4 Å². The Balaban J connectivity index is 2.93. The van der Waals surface area contributed by atoms with Gasteiger partial charge in [0.05, 0.1) is 20.3 Å². The van der Waals surface area contributed by atoms with Gasteiger partial charge < -0.3 is 14.8 Å². The summed E-state index contributed by atoms with van der Waals surface area (Å²) in [6.07, 6.45) is 0. The molecule has 0 bridgehead atoms. The number of ether oxygens (including phenoxy) is 2. The van der Waals surface area contributed by atoms with Crippen LogP contribution in [0.25, 0.3) is 0 Å². The van der Waals surface area contributed by atoms with Gasteiger partial charge in [-0.15, -0.1) is 0 Å². The average molecular weight is 215 g/mol. The number of nitrogens with one attached hydrogen (secondary N) is 1. The monoisotopic (exact) mass is 215 g/mol. The molecule has 1 rings (SSSR count). The van der Waals surface area contributed by atoms with E-state index in [1.807, 2.05) is 7.05 Å². The molecule has 1 atom stereocenters. The zero-order valence-corrected chi connectivity index (χ0v) is 10.2. The molecule has 1 fully saturated rings. The summed E-state index contributed by atoms with van der Waals surface area (Å²) >= 11 is 0. The molecule has 1 saturated heterocycles. The molecule has 1 unspecified atom stereocenters. The van der Waals surface area contributed by atoms with Crippen LogP contribution in [0.3, 0.4) is 0 Å². The van der Waals surface area contributed by atoms with Gasteiger partial charge in [-0.1, -0.05) is 20.8 Å². The highest BCUT2D eigenvalue weighted by Gasteiger charge is 2.56. The molecule has 88 valence electrons. The van der Waals surface area contributed by atoms with Gasteiger partial charge in [0.25, 0.3) is 0 Å². The fraction of sp³-hybridized carbons (Fsp3) is 0.909. The maximum atomic E-state index is 11.8. The van der Waals surface area contributed by atoms with Crippen LogP contribution >= 0.6 is 0 Å². The molecule has 0 aromatic heterocycles. The van der Waals surface area contributed by atoms with Crippen LogP contribution in [0.5, 0.6) is 0 Å². The van der Waals surface area contributed by atoms with Crippen LogP contribution in [-0.4, -0.2) is 39.4 Å². The highest BCUT2D eigenvalue weighted by atomic mass is 16.5. The molecule has 15 heavy (non-hydrogen) atoms. The van der Waals surface area contributed by atoms with Gasteiger partial charge in [0.15, 0.2) is 0 Å². The maximum absolute atomic E-state index is 11.8. The van der Waals surface area contributed by atoms with Gasteiger partial charge >= 0.3 is 5.97 Å². The summed E-state index contributed by atoms with van der Waals surface area (Å²) in [7, 11) is 3.30. The van der Waals surface area contributed by atoms with Gasteiger partial charge in [0, 0.05) is 6.04 Å². The Labute approximate surface area is 91.3 Å². The predicted molar refractivity (Wildman–Crippen MR) is 57.6 cm³/mol. The van der Waals surface area contributed by atoms with Gasteiger partial charge in [-0.2, -0.15) is 0 Å². The SMILES string of the molecule is CNC(C(C)(C)C)C1(C(=O)OC)COC1. The summed E-state index contributed by atoms with van der Waals surface area (Å²) < 4.78 is 10.1. The van der Waals surface area contributed by atoms with E-state index in [1.165, 1.54) is 7.11 Å². The first kappa shape index (κ1) is 12.5. The van der Waals surface area contributed by atoms with Gasteiger partial charge in [0.1, 0.15) is 5.41 Å². The van der Waals surface area contributed by atoms with Gasteiger partial charge in [-0.3, -0.25) is 4.79 Å². The maximum Gasteiger partial charge on any atom is 0.318 e. The van der Waals surface area contributed by atoms with Crippen LogP contribution in [-0.2, 0) is 14.3 Å². The molecule has 0 amide bonds. The summed E-state index contributed by atoms with van der Waals surface area (Å²) in [6.45, 7) is 7.22. The predicted octanol–water partition coefficient (Wildman–Crippen LogP) is 0.810. The molecule has 4 nitrogen and oxygen atoms in total. The zero-order chi connectivity index (χ0) is 11.7. The summed E-state index contributed by atoms with van der Waals surface area (Å²) in [5, 5.41) is 3.22. The Kier molecular flexibility index (Phi) is 3.41. The lowest BCUT2D eigenvalue weighted by Crippen LogP contribution is -2.65. The van der Waals surface area contributed by atoms with E-state index < -0.39 is 5.41 Å². The second-order valence-electron chi connectivity index (χ2n) is 5.23. The molecular weight excluding hydrogens is 194 g/mol. The minimum atomic E-state index is -0.512. The largest absolute Gasteiger partial charge is 0.468 e. The average Bonchev–Trinajstić information content (AvgIpc) is 2.07. The molecule has 0 saturated carbocycles. The zero-order valence-electron chi connectivity index (χ0n) is 10.2. The highest BCUT2D eigenvalue weighted by molar-refractivity contribution is 5.79. The molecule has 0 aromatic carbocycles. The normalized spacial score (nSPS) is 21.7. The molecular formula is C11H21NO3. The minimum Gasteiger partial charge on any atom is -0.468 e. The third-order valence-corrected chi connectivity index (χ3v) is 3.02. The van der Waals surface area contributed by atoms with Crippen molar-refractivity contribution in [3.63, 3.8) is 0 Å². The van der Waals surface area contributed by atoms with Crippen LogP contribution in [0, 0.1) is 10.8 Å². The topological polar surface area (TPSA) is 47.6 Å². The molecule has 1 aliphatic rings. The number of carbonyl (C=O) groups excluding carboxylic acids is 1. The van der Waals surface area contributed by atoms with Crippen molar-refractivity contribution >= 4 is 5.97 Å². The quantitative estimate of drug-likeness (QED) is 0.708. The number of rotatable bonds is 3. The van der Waals surface area contributed by atoms with Crippen molar-refractivity contribution in [2.75, 3.05) is 27.4 Å². The van der Waals surface area contributed by atoms with Crippen molar-refractivity contribution in [3.8, 4) is 0 Å². The van der Waals surface area contributed by atoms with Gasteiger partial charge in [0.2, 0.25) is 0 Å². The molecule has 1 aliphatic heterocycles. The Morgan fingerprint density at radius 3 is 2.20 bits per heavy atom. The molecule has 1 N–H and O–H groups in total. The van der Waals surface area contributed by atoms with Crippen molar-refractivity contribution < 1.29 is 14.3 Å². The molecule has 1 heterocycles. The minimum absolute atomic E-state index is 0.00722. The van der Waals surface area contributed by atoms with Gasteiger partial charge in [-0.25, -0.2) is 0 Å². The number of hydrogen-bond acceptors (Lipinski definition) is 4. The summed E-state index contributed by atoms with van der Waals surface area (Å²) in [5.41, 5.74) is -0.519. The van der Waals surface area contributed by atoms with E-state index in [2.05, 4.69) is 26.1 Å². The van der Waals surface area contributed by atoms with E-state index >= 15 is 0 Å². The smallest absolute Gasteiger partial charge is 0.318 e. The third kappa shape index (κ3) is 2.01. The van der Waals surface area contributed by atoms with Crippen LogP contribution in [0.2, 0.25) is 0 Å². The Bertz CT molecular complexity index is 241. The first-order valence-electron chi connectivity index (χ1n) is 5.22. The Morgan fingerprint density at radius 2 is 2.00 bits per heavy atom. The standard InChI is InChI=1S/C11H21NO3/c1-10(2,3)8(12-4)11(6-15-7-11)9(13)14-5/h8,12H,6-7H2,1-5H3. The van der Waals surface area contributed by atoms with E-state index in [9.17, 15) is 4.79 Å². The first-order valence-corrected chi connectivity index (χ1v) is 5.22. The van der Waals surface area contributed by atoms with E-state index in [0.29, 0.717) is 13.2 Å². The van der Waals surface area contributed by atoms with Crippen molar-refractivity contribution in [1.29, 1.82) is 0 Å². The lowest BCUT2D eigenvalue weighted by Gasteiger charge is -2.49. The Morgan fingerprint density at radius 1 is 1.47 bits per heavy atom. The number of carbonyl (C=O) groups is 1. The molecule has 0 aromatic rings. The number of methoxy groups -OCH3 is 1. The molecule has 0 aliphatic carbocycles. The van der Waals surface area contributed by atoms with E-state index in [0.717, 1.165) is 0 Å². The van der Waals surface area contributed by atoms with E-state index in [4.69, 9.17) is 9.47 Å². The first-order chi connectivity index (χ1) is 6.88. The molecule has 4 heteroatoms. The van der Waals surface area contributed by atoms with Crippen molar-refractivity contribution in [2.45, 2.75) is 26.8 Å². The summed E-state index contributed by atoms with van der Waals surface area (Å²) in [5.74, 6) is -0.178. The van der Waals surface area contributed by atoms with Gasteiger partial charge in [-0.05, 0) is 12.5 Å². The van der Waals surface area contributed by atoms with Crippen LogP contribution in [0.15, 0.2) is 0 Å². The highest BCUT2D eigenvalue weighted by Crippen LogP contribution is 2.40. The van der Waals surface area contributed by atoms with E-state index in [1.54, 1.807) is 0 Å². The van der Waals surface area contributed by atoms with Crippen LogP contribution in [0.4, 0.5) is 0 Å². The second kappa shape index (κ2) is 4.10. The number of esters is 1. The molecule has 0 radical (unpaired) electrons.